The van der Waals surface area contributed by atoms with E-state index in [0.29, 0.717) is 0 Å². The molecule has 0 atom stereocenters. The molecule has 1 rings (SSSR count). The third-order valence-electron chi connectivity index (χ3n) is 0.967. The number of hydrogen-bond acceptors (Lipinski definition) is 3. The van der Waals surface area contributed by atoms with Crippen LogP contribution in [0.2, 0.25) is 0 Å². The highest BCUT2D eigenvalue weighted by Gasteiger charge is 1.98. The lowest BCUT2D eigenvalue weighted by Crippen LogP contribution is -1.84. The van der Waals surface area contributed by atoms with Crippen molar-refractivity contribution < 1.29 is 19.9 Å². The van der Waals surface area contributed by atoms with Crippen LogP contribution >= 0.6 is 0 Å². The molecule has 6 nitrogen and oxygen atoms in total. The Kier molecular flexibility index (Phi) is 4.63. The summed E-state index contributed by atoms with van der Waals surface area (Å²) in [6.07, 6.45) is -1.83. The summed E-state index contributed by atoms with van der Waals surface area (Å²) in [4.78, 5) is 18.1. The molecule has 70 valence electrons. The van der Waals surface area contributed by atoms with Gasteiger partial charge >= 0.3 is 6.16 Å². The van der Waals surface area contributed by atoms with Crippen molar-refractivity contribution in [2.24, 2.45) is 0 Å². The predicted octanol–water partition coefficient (Wildman–Crippen LogP) is 1.82. The molecule has 1 aromatic rings. The maximum atomic E-state index is 10.0. The summed E-state index contributed by atoms with van der Waals surface area (Å²) < 4.78 is 0. The Balaban J connectivity index is 0.000000310. The van der Waals surface area contributed by atoms with E-state index in [1.54, 1.807) is 18.2 Å². The molecule has 0 saturated heterocycles. The molecule has 13 heavy (non-hydrogen) atoms. The van der Waals surface area contributed by atoms with Gasteiger partial charge in [-0.25, -0.2) is 4.79 Å². The quantitative estimate of drug-likeness (QED) is 0.513. The van der Waals surface area contributed by atoms with E-state index in [1.165, 1.54) is 12.1 Å². The molecule has 0 amide bonds. The number of rotatable bonds is 1. The van der Waals surface area contributed by atoms with Crippen molar-refractivity contribution in [2.45, 2.75) is 0 Å². The summed E-state index contributed by atoms with van der Waals surface area (Å²) in [6.45, 7) is 0. The molecule has 1 aromatic carbocycles. The van der Waals surface area contributed by atoms with Gasteiger partial charge in [0, 0.05) is 12.1 Å². The van der Waals surface area contributed by atoms with Crippen LogP contribution in [-0.2, 0) is 0 Å². The molecule has 0 aromatic heterocycles. The monoisotopic (exact) mass is 185 g/mol. The van der Waals surface area contributed by atoms with Crippen LogP contribution in [0.4, 0.5) is 10.5 Å². The molecule has 0 saturated carbocycles. The van der Waals surface area contributed by atoms with Crippen molar-refractivity contribution in [1.29, 1.82) is 0 Å². The number of nitrogens with zero attached hydrogens (tertiary/aromatic N) is 1. The Hall–Kier alpha value is -2.11. The Morgan fingerprint density at radius 2 is 1.62 bits per heavy atom. The first-order valence-electron chi connectivity index (χ1n) is 3.15. The van der Waals surface area contributed by atoms with E-state index >= 15 is 0 Å². The van der Waals surface area contributed by atoms with Crippen molar-refractivity contribution in [1.82, 2.24) is 0 Å². The molecular weight excluding hydrogens is 178 g/mol. The molecule has 0 spiro atoms. The van der Waals surface area contributed by atoms with Crippen LogP contribution in [0.15, 0.2) is 30.3 Å². The Morgan fingerprint density at radius 1 is 1.23 bits per heavy atom. The number of non-ortho nitro benzene ring substituents is 1. The fourth-order valence-electron chi connectivity index (χ4n) is 0.550. The SMILES string of the molecule is O=C(O)O.O=[N+]([O-])c1ccccc1. The first-order chi connectivity index (χ1) is 6.04. The Labute approximate surface area is 73.2 Å². The molecule has 2 N–H and O–H groups in total. The number of carboxylic acid groups (broad SMARTS) is 2. The van der Waals surface area contributed by atoms with Crippen LogP contribution < -0.4 is 0 Å². The van der Waals surface area contributed by atoms with Gasteiger partial charge in [0.25, 0.3) is 5.69 Å². The summed E-state index contributed by atoms with van der Waals surface area (Å²) in [5, 5.41) is 24.0. The number of nitro benzene ring substituents is 1. The highest BCUT2D eigenvalue weighted by atomic mass is 16.6. The molecule has 0 aliphatic carbocycles. The minimum absolute atomic E-state index is 0.137. The minimum Gasteiger partial charge on any atom is -0.450 e. The average molecular weight is 185 g/mol. The lowest BCUT2D eigenvalue weighted by Gasteiger charge is -1.85. The van der Waals surface area contributed by atoms with Gasteiger partial charge in [-0.05, 0) is 0 Å². The summed E-state index contributed by atoms with van der Waals surface area (Å²) in [7, 11) is 0. The van der Waals surface area contributed by atoms with Crippen LogP contribution in [0.3, 0.4) is 0 Å². The van der Waals surface area contributed by atoms with E-state index in [0.717, 1.165) is 0 Å². The second-order valence-corrected chi connectivity index (χ2v) is 1.88. The molecule has 0 aliphatic heterocycles. The van der Waals surface area contributed by atoms with E-state index in [-0.39, 0.29) is 5.69 Å². The lowest BCUT2D eigenvalue weighted by molar-refractivity contribution is -0.384. The van der Waals surface area contributed by atoms with Gasteiger partial charge in [0.2, 0.25) is 0 Å². The van der Waals surface area contributed by atoms with E-state index in [4.69, 9.17) is 15.0 Å². The molecule has 0 radical (unpaired) electrons. The standard InChI is InChI=1S/C6H5NO2.CH2O3/c8-7(9)6-4-2-1-3-5-6;2-1(3)4/h1-5H;(H2,2,3,4). The van der Waals surface area contributed by atoms with Crippen LogP contribution in [0, 0.1) is 10.1 Å². The van der Waals surface area contributed by atoms with Crippen molar-refractivity contribution in [2.75, 3.05) is 0 Å². The van der Waals surface area contributed by atoms with Gasteiger partial charge in [0.1, 0.15) is 0 Å². The number of carbonyl (C=O) groups is 1. The van der Waals surface area contributed by atoms with Crippen molar-refractivity contribution in [3.8, 4) is 0 Å². The third kappa shape index (κ3) is 6.29. The maximum absolute atomic E-state index is 10.0. The summed E-state index contributed by atoms with van der Waals surface area (Å²) >= 11 is 0. The largest absolute Gasteiger partial charge is 0.503 e. The zero-order valence-electron chi connectivity index (χ0n) is 6.45. The second kappa shape index (κ2) is 5.53. The van der Waals surface area contributed by atoms with Gasteiger partial charge < -0.3 is 10.2 Å². The van der Waals surface area contributed by atoms with Gasteiger partial charge in [-0.15, -0.1) is 0 Å². The highest BCUT2D eigenvalue weighted by molar-refractivity contribution is 5.53. The van der Waals surface area contributed by atoms with Crippen LogP contribution in [0.1, 0.15) is 0 Å². The van der Waals surface area contributed by atoms with Gasteiger partial charge in [0.05, 0.1) is 4.92 Å². The van der Waals surface area contributed by atoms with Crippen molar-refractivity contribution in [3.63, 3.8) is 0 Å². The molecule has 0 bridgehead atoms. The average Bonchev–Trinajstić information content (AvgIpc) is 2.05. The third-order valence-corrected chi connectivity index (χ3v) is 0.967. The van der Waals surface area contributed by atoms with Crippen LogP contribution in [-0.4, -0.2) is 21.3 Å². The van der Waals surface area contributed by atoms with Crippen LogP contribution in [0.25, 0.3) is 0 Å². The topological polar surface area (TPSA) is 101 Å². The fraction of sp³-hybridized carbons (Fsp3) is 0. The zero-order valence-corrected chi connectivity index (χ0v) is 6.45. The molecule has 0 aliphatic rings. The number of nitro groups is 1. The van der Waals surface area contributed by atoms with E-state index in [1.807, 2.05) is 0 Å². The van der Waals surface area contributed by atoms with Gasteiger partial charge in [-0.2, -0.15) is 0 Å². The smallest absolute Gasteiger partial charge is 0.450 e. The Morgan fingerprint density at radius 3 is 1.85 bits per heavy atom. The zero-order chi connectivity index (χ0) is 10.3. The summed E-state index contributed by atoms with van der Waals surface area (Å²) in [5.74, 6) is 0. The first-order valence-corrected chi connectivity index (χ1v) is 3.15. The number of benzene rings is 1. The van der Waals surface area contributed by atoms with Crippen molar-refractivity contribution in [3.05, 3.63) is 40.4 Å². The summed E-state index contributed by atoms with van der Waals surface area (Å²) in [5.41, 5.74) is 0.137. The number of para-hydroxylation sites is 1. The normalized spacial score (nSPS) is 8.00. The van der Waals surface area contributed by atoms with E-state index < -0.39 is 11.1 Å². The van der Waals surface area contributed by atoms with E-state index in [2.05, 4.69) is 0 Å². The predicted molar refractivity (Wildman–Crippen MR) is 43.8 cm³/mol. The molecule has 0 fully saturated rings. The lowest BCUT2D eigenvalue weighted by atomic mass is 10.3. The van der Waals surface area contributed by atoms with Crippen molar-refractivity contribution >= 4 is 11.8 Å². The fourth-order valence-corrected chi connectivity index (χ4v) is 0.550. The van der Waals surface area contributed by atoms with Crippen LogP contribution in [0.5, 0.6) is 0 Å². The summed E-state index contributed by atoms with van der Waals surface area (Å²) in [6, 6.07) is 7.93. The maximum Gasteiger partial charge on any atom is 0.503 e. The van der Waals surface area contributed by atoms with Gasteiger partial charge in [0.15, 0.2) is 0 Å². The van der Waals surface area contributed by atoms with E-state index in [9.17, 15) is 10.1 Å². The van der Waals surface area contributed by atoms with Gasteiger partial charge in [-0.1, -0.05) is 18.2 Å². The number of hydrogen-bond donors (Lipinski definition) is 2. The molecule has 6 heteroatoms. The minimum atomic E-state index is -1.83. The first kappa shape index (κ1) is 10.9. The second-order valence-electron chi connectivity index (χ2n) is 1.88. The van der Waals surface area contributed by atoms with Gasteiger partial charge in [-0.3, -0.25) is 10.1 Å². The highest BCUT2D eigenvalue weighted by Crippen LogP contribution is 2.06. The molecule has 0 heterocycles. The Bertz CT molecular complexity index is 280. The molecular formula is C7H7NO5. The molecule has 0 unspecified atom stereocenters.